The van der Waals surface area contributed by atoms with Crippen LogP contribution in [0.3, 0.4) is 0 Å². The van der Waals surface area contributed by atoms with Crippen LogP contribution in [0.4, 0.5) is 0 Å². The van der Waals surface area contributed by atoms with Gasteiger partial charge in [0.1, 0.15) is 0 Å². The van der Waals surface area contributed by atoms with Crippen molar-refractivity contribution in [2.24, 2.45) is 11.7 Å². The van der Waals surface area contributed by atoms with Gasteiger partial charge in [-0.25, -0.2) is 0 Å². The molecule has 1 atom stereocenters. The van der Waals surface area contributed by atoms with Crippen LogP contribution in [0.25, 0.3) is 0 Å². The molecule has 0 bridgehead atoms. The largest absolute Gasteiger partial charge is 0.393 e. The lowest BCUT2D eigenvalue weighted by Crippen LogP contribution is -2.33. The van der Waals surface area contributed by atoms with Crippen molar-refractivity contribution < 1.29 is 4.79 Å². The molecule has 0 aromatic heterocycles. The van der Waals surface area contributed by atoms with Crippen molar-refractivity contribution in [2.75, 3.05) is 6.54 Å². The van der Waals surface area contributed by atoms with Gasteiger partial charge in [0.25, 0.3) is 0 Å². The summed E-state index contributed by atoms with van der Waals surface area (Å²) < 4.78 is 0. The first-order valence-corrected chi connectivity index (χ1v) is 8.54. The fourth-order valence-electron chi connectivity index (χ4n) is 2.05. The number of hydrogen-bond donors (Lipinski definition) is 2. The molecule has 0 aromatic rings. The molecular formula is C16H32N2OS. The Hall–Kier alpha value is -0.640. The maximum Gasteiger partial charge on any atom is 0.220 e. The lowest BCUT2D eigenvalue weighted by Gasteiger charge is -2.10. The van der Waals surface area contributed by atoms with E-state index in [1.807, 2.05) is 6.92 Å². The Labute approximate surface area is 130 Å². The zero-order chi connectivity index (χ0) is 15.2. The van der Waals surface area contributed by atoms with Gasteiger partial charge in [0, 0.05) is 18.9 Å². The molecule has 0 aliphatic carbocycles. The predicted molar refractivity (Wildman–Crippen MR) is 90.8 cm³/mol. The van der Waals surface area contributed by atoms with Crippen molar-refractivity contribution in [2.45, 2.75) is 78.1 Å². The van der Waals surface area contributed by atoms with E-state index < -0.39 is 0 Å². The van der Waals surface area contributed by atoms with Crippen LogP contribution in [-0.2, 0) is 4.79 Å². The Bertz CT molecular complexity index is 269. The summed E-state index contributed by atoms with van der Waals surface area (Å²) in [5.74, 6) is 0.202. The second kappa shape index (κ2) is 13.3. The fourth-order valence-corrected chi connectivity index (χ4v) is 2.14. The molecule has 0 heterocycles. The first kappa shape index (κ1) is 19.4. The second-order valence-electron chi connectivity index (χ2n) is 5.69. The molecule has 0 aliphatic heterocycles. The van der Waals surface area contributed by atoms with E-state index in [4.69, 9.17) is 18.0 Å². The van der Waals surface area contributed by atoms with Crippen molar-refractivity contribution in [3.8, 4) is 0 Å². The van der Waals surface area contributed by atoms with Crippen LogP contribution in [0.1, 0.15) is 78.1 Å². The zero-order valence-corrected chi connectivity index (χ0v) is 14.1. The number of hydrogen-bond acceptors (Lipinski definition) is 2. The third kappa shape index (κ3) is 12.4. The molecule has 3 nitrogen and oxygen atoms in total. The number of carbonyl (C=O) groups is 1. The number of thiocarbonyl (C=S) groups is 1. The molecule has 118 valence electrons. The molecule has 0 saturated carbocycles. The highest BCUT2D eigenvalue weighted by molar-refractivity contribution is 7.80. The highest BCUT2D eigenvalue weighted by Crippen LogP contribution is 2.10. The van der Waals surface area contributed by atoms with Crippen molar-refractivity contribution in [3.05, 3.63) is 0 Å². The SMILES string of the molecule is CCCCCCCCCCCC(=O)NCC(C)C(N)=S. The van der Waals surface area contributed by atoms with E-state index >= 15 is 0 Å². The Kier molecular flexibility index (Phi) is 12.9. The highest BCUT2D eigenvalue weighted by atomic mass is 32.1. The summed E-state index contributed by atoms with van der Waals surface area (Å²) in [5, 5.41) is 2.88. The molecule has 1 unspecified atom stereocenters. The summed E-state index contributed by atoms with van der Waals surface area (Å²) in [6.07, 6.45) is 12.1. The van der Waals surface area contributed by atoms with Gasteiger partial charge >= 0.3 is 0 Å². The smallest absolute Gasteiger partial charge is 0.220 e. The van der Waals surface area contributed by atoms with E-state index in [1.54, 1.807) is 0 Å². The van der Waals surface area contributed by atoms with Crippen LogP contribution in [0.15, 0.2) is 0 Å². The lowest BCUT2D eigenvalue weighted by atomic mass is 10.1. The third-order valence-electron chi connectivity index (χ3n) is 3.60. The van der Waals surface area contributed by atoms with Crippen molar-refractivity contribution in [1.29, 1.82) is 0 Å². The number of nitrogens with two attached hydrogens (primary N) is 1. The van der Waals surface area contributed by atoms with Crippen LogP contribution in [-0.4, -0.2) is 17.4 Å². The van der Waals surface area contributed by atoms with Crippen molar-refractivity contribution in [1.82, 2.24) is 5.32 Å². The third-order valence-corrected chi connectivity index (χ3v) is 4.00. The van der Waals surface area contributed by atoms with Gasteiger partial charge in [-0.15, -0.1) is 0 Å². The van der Waals surface area contributed by atoms with Gasteiger partial charge < -0.3 is 11.1 Å². The van der Waals surface area contributed by atoms with Crippen LogP contribution in [0.5, 0.6) is 0 Å². The van der Waals surface area contributed by atoms with Gasteiger partial charge in [0.2, 0.25) is 5.91 Å². The number of rotatable bonds is 13. The molecule has 0 saturated heterocycles. The van der Waals surface area contributed by atoms with Gasteiger partial charge in [-0.05, 0) is 6.42 Å². The van der Waals surface area contributed by atoms with Crippen LogP contribution >= 0.6 is 12.2 Å². The maximum atomic E-state index is 11.6. The minimum Gasteiger partial charge on any atom is -0.393 e. The molecule has 0 spiro atoms. The Morgan fingerprint density at radius 1 is 1.05 bits per heavy atom. The average molecular weight is 301 g/mol. The predicted octanol–water partition coefficient (Wildman–Crippen LogP) is 3.95. The summed E-state index contributed by atoms with van der Waals surface area (Å²) in [7, 11) is 0. The monoisotopic (exact) mass is 300 g/mol. The number of amides is 1. The minimum atomic E-state index is 0.0806. The van der Waals surface area contributed by atoms with E-state index in [0.29, 0.717) is 18.0 Å². The summed E-state index contributed by atoms with van der Waals surface area (Å²) in [6, 6.07) is 0. The number of nitrogens with one attached hydrogen (secondary N) is 1. The molecule has 1 amide bonds. The first-order chi connectivity index (χ1) is 9.57. The van der Waals surface area contributed by atoms with Crippen LogP contribution in [0, 0.1) is 5.92 Å². The van der Waals surface area contributed by atoms with Gasteiger partial charge in [-0.1, -0.05) is 77.4 Å². The Morgan fingerprint density at radius 3 is 2.05 bits per heavy atom. The minimum absolute atomic E-state index is 0.0806. The quantitative estimate of drug-likeness (QED) is 0.400. The summed E-state index contributed by atoms with van der Waals surface area (Å²) >= 11 is 4.87. The molecule has 0 fully saturated rings. The van der Waals surface area contributed by atoms with Crippen LogP contribution in [0.2, 0.25) is 0 Å². The lowest BCUT2D eigenvalue weighted by molar-refractivity contribution is -0.121. The van der Waals surface area contributed by atoms with Gasteiger partial charge in [0.15, 0.2) is 0 Å². The topological polar surface area (TPSA) is 55.1 Å². The summed E-state index contributed by atoms with van der Waals surface area (Å²) in [5.41, 5.74) is 5.50. The van der Waals surface area contributed by atoms with E-state index in [1.165, 1.54) is 44.9 Å². The fraction of sp³-hybridized carbons (Fsp3) is 0.875. The number of carbonyl (C=O) groups excluding carboxylic acids is 1. The maximum absolute atomic E-state index is 11.6. The molecule has 0 radical (unpaired) electrons. The Morgan fingerprint density at radius 2 is 1.55 bits per heavy atom. The highest BCUT2D eigenvalue weighted by Gasteiger charge is 2.07. The molecule has 0 aliphatic rings. The average Bonchev–Trinajstić information content (AvgIpc) is 2.42. The number of unbranched alkanes of at least 4 members (excludes halogenated alkanes) is 8. The van der Waals surface area contributed by atoms with E-state index in [-0.39, 0.29) is 11.8 Å². The molecular weight excluding hydrogens is 268 g/mol. The Balaban J connectivity index is 3.29. The first-order valence-electron chi connectivity index (χ1n) is 8.14. The molecule has 0 aromatic carbocycles. The normalized spacial score (nSPS) is 12.1. The van der Waals surface area contributed by atoms with Gasteiger partial charge in [-0.3, -0.25) is 4.79 Å². The van der Waals surface area contributed by atoms with E-state index in [0.717, 1.165) is 12.8 Å². The van der Waals surface area contributed by atoms with Crippen molar-refractivity contribution in [3.63, 3.8) is 0 Å². The van der Waals surface area contributed by atoms with E-state index in [2.05, 4.69) is 12.2 Å². The molecule has 20 heavy (non-hydrogen) atoms. The standard InChI is InChI=1S/C16H32N2OS/c1-3-4-5-6-7-8-9-10-11-12-15(19)18-13-14(2)16(17)20/h14H,3-13H2,1-2H3,(H2,17,20)(H,18,19). The molecule has 3 N–H and O–H groups in total. The van der Waals surface area contributed by atoms with Gasteiger partial charge in [-0.2, -0.15) is 0 Å². The van der Waals surface area contributed by atoms with Crippen LogP contribution < -0.4 is 11.1 Å². The zero-order valence-electron chi connectivity index (χ0n) is 13.2. The summed E-state index contributed by atoms with van der Waals surface area (Å²) in [4.78, 5) is 12.0. The van der Waals surface area contributed by atoms with Crippen molar-refractivity contribution >= 4 is 23.1 Å². The molecule has 0 rings (SSSR count). The van der Waals surface area contributed by atoms with Gasteiger partial charge in [0.05, 0.1) is 4.99 Å². The second-order valence-corrected chi connectivity index (χ2v) is 6.16. The molecule has 4 heteroatoms. The summed E-state index contributed by atoms with van der Waals surface area (Å²) in [6.45, 7) is 4.74. The van der Waals surface area contributed by atoms with E-state index in [9.17, 15) is 4.79 Å².